The molecule has 1 amide bonds. The van der Waals surface area contributed by atoms with E-state index in [0.717, 1.165) is 41.1 Å². The molecule has 1 aliphatic rings. The van der Waals surface area contributed by atoms with Crippen molar-refractivity contribution in [2.75, 3.05) is 6.54 Å². The Kier molecular flexibility index (Phi) is 6.08. The van der Waals surface area contributed by atoms with Gasteiger partial charge >= 0.3 is 0 Å². The van der Waals surface area contributed by atoms with Crippen molar-refractivity contribution in [3.63, 3.8) is 0 Å². The van der Waals surface area contributed by atoms with Gasteiger partial charge in [-0.05, 0) is 51.0 Å². The van der Waals surface area contributed by atoms with Crippen molar-refractivity contribution in [3.8, 4) is 17.1 Å². The molecule has 1 fully saturated rings. The van der Waals surface area contributed by atoms with E-state index in [1.807, 2.05) is 73.3 Å². The van der Waals surface area contributed by atoms with Crippen LogP contribution in [-0.4, -0.2) is 32.5 Å². The molecule has 0 aliphatic carbocycles. The lowest BCUT2D eigenvalue weighted by molar-refractivity contribution is 0.0732. The number of carbonyl (C=O) groups excluding carboxylic acids is 1. The smallest absolute Gasteiger partial charge is 0.254 e. The van der Waals surface area contributed by atoms with Crippen LogP contribution in [0.4, 0.5) is 0 Å². The van der Waals surface area contributed by atoms with Crippen LogP contribution >= 0.6 is 0 Å². The molecule has 4 aromatic rings. The molecular weight excluding hydrogens is 428 g/mol. The zero-order valence-electron chi connectivity index (χ0n) is 19.3. The maximum atomic E-state index is 13.5. The molecule has 0 spiro atoms. The lowest BCUT2D eigenvalue weighted by Gasteiger charge is -2.25. The highest BCUT2D eigenvalue weighted by molar-refractivity contribution is 5.95. The van der Waals surface area contributed by atoms with Gasteiger partial charge in [0.05, 0.1) is 23.0 Å². The lowest BCUT2D eigenvalue weighted by atomic mass is 10.1. The number of aryl methyl sites for hydroxylation is 2. The number of rotatable bonds is 6. The summed E-state index contributed by atoms with van der Waals surface area (Å²) in [7, 11) is 0. The van der Waals surface area contributed by atoms with E-state index in [9.17, 15) is 4.79 Å². The van der Waals surface area contributed by atoms with Crippen LogP contribution in [0, 0.1) is 13.8 Å². The van der Waals surface area contributed by atoms with E-state index in [-0.39, 0.29) is 11.9 Å². The molecule has 3 heterocycles. The van der Waals surface area contributed by atoms with Gasteiger partial charge in [0.2, 0.25) is 0 Å². The normalized spacial score (nSPS) is 15.5. The van der Waals surface area contributed by atoms with E-state index >= 15 is 0 Å². The van der Waals surface area contributed by atoms with Crippen molar-refractivity contribution in [2.45, 2.75) is 39.3 Å². The lowest BCUT2D eigenvalue weighted by Crippen LogP contribution is -2.31. The molecule has 1 aliphatic heterocycles. The van der Waals surface area contributed by atoms with Gasteiger partial charge in [0.15, 0.2) is 5.82 Å². The summed E-state index contributed by atoms with van der Waals surface area (Å²) in [6.07, 6.45) is 3.58. The summed E-state index contributed by atoms with van der Waals surface area (Å²) in [5, 5.41) is 3.96. The molecule has 34 heavy (non-hydrogen) atoms. The van der Waals surface area contributed by atoms with Gasteiger partial charge in [-0.2, -0.15) is 0 Å². The van der Waals surface area contributed by atoms with Crippen LogP contribution in [0.15, 0.2) is 71.4 Å². The predicted octanol–water partition coefficient (Wildman–Crippen LogP) is 5.30. The topological polar surface area (TPSA) is 81.4 Å². The monoisotopic (exact) mass is 454 g/mol. The molecule has 2 aromatic heterocycles. The van der Waals surface area contributed by atoms with Gasteiger partial charge < -0.3 is 14.2 Å². The van der Waals surface area contributed by atoms with E-state index in [2.05, 4.69) is 10.1 Å². The average Bonchev–Trinajstić information content (AvgIpc) is 3.50. The second kappa shape index (κ2) is 9.47. The van der Waals surface area contributed by atoms with Crippen LogP contribution < -0.4 is 4.74 Å². The van der Waals surface area contributed by atoms with Crippen LogP contribution in [-0.2, 0) is 6.61 Å². The Morgan fingerprint density at radius 2 is 1.97 bits per heavy atom. The van der Waals surface area contributed by atoms with E-state index in [1.165, 1.54) is 0 Å². The fraction of sp³-hybridized carbons (Fsp3) is 0.259. The van der Waals surface area contributed by atoms with Gasteiger partial charge in [-0.1, -0.05) is 41.6 Å². The van der Waals surface area contributed by atoms with Crippen molar-refractivity contribution >= 4 is 5.91 Å². The molecule has 7 nitrogen and oxygen atoms in total. The summed E-state index contributed by atoms with van der Waals surface area (Å²) >= 11 is 0. The van der Waals surface area contributed by atoms with Crippen LogP contribution in [0.5, 0.6) is 5.75 Å². The number of nitrogens with zero attached hydrogens (tertiary/aromatic N) is 4. The van der Waals surface area contributed by atoms with Crippen molar-refractivity contribution in [3.05, 3.63) is 95.1 Å². The molecule has 0 unspecified atom stereocenters. The quantitative estimate of drug-likeness (QED) is 0.393. The summed E-state index contributed by atoms with van der Waals surface area (Å²) in [5.41, 5.74) is 4.16. The fourth-order valence-corrected chi connectivity index (χ4v) is 4.35. The minimum atomic E-state index is -0.0789. The van der Waals surface area contributed by atoms with E-state index in [1.54, 1.807) is 12.3 Å². The molecule has 0 bridgehead atoms. The molecule has 5 rings (SSSR count). The van der Waals surface area contributed by atoms with E-state index in [0.29, 0.717) is 30.3 Å². The number of likely N-dealkylation sites (tertiary alicyclic amines) is 1. The van der Waals surface area contributed by atoms with Crippen LogP contribution in [0.1, 0.15) is 52.0 Å². The molecule has 1 atom stereocenters. The van der Waals surface area contributed by atoms with Crippen molar-refractivity contribution in [1.29, 1.82) is 0 Å². The Morgan fingerprint density at radius 1 is 1.12 bits per heavy atom. The molecule has 7 heteroatoms. The zero-order chi connectivity index (χ0) is 23.5. The third kappa shape index (κ3) is 4.41. The Hall–Kier alpha value is -4.00. The molecule has 0 N–H and O–H groups in total. The Bertz CT molecular complexity index is 1280. The number of ether oxygens (including phenoxy) is 1. The summed E-state index contributed by atoms with van der Waals surface area (Å²) in [6.45, 7) is 4.79. The first kappa shape index (κ1) is 21.8. The first-order chi connectivity index (χ1) is 16.6. The molecule has 1 saturated heterocycles. The zero-order valence-corrected chi connectivity index (χ0v) is 19.3. The number of carbonyl (C=O) groups is 1. The molecule has 172 valence electrons. The number of amides is 1. The third-order valence-electron chi connectivity index (χ3n) is 6.21. The summed E-state index contributed by atoms with van der Waals surface area (Å²) in [6, 6.07) is 19.0. The summed E-state index contributed by atoms with van der Waals surface area (Å²) < 4.78 is 11.2. The standard InChI is InChI=1S/C27H26N4O3/c1-18-23(19(2)34-30-18)17-33-22-11-6-10-21(16-22)27(32)31-15-7-12-25(31)24-13-14-28-26(29-24)20-8-4-3-5-9-20/h3-6,8-11,13-14,16,25H,7,12,15,17H2,1-2H3/t25-/m0/s1. The van der Waals surface area contributed by atoms with Crippen LogP contribution in [0.3, 0.4) is 0 Å². The third-order valence-corrected chi connectivity index (χ3v) is 6.21. The number of hydrogen-bond acceptors (Lipinski definition) is 6. The Balaban J connectivity index is 1.34. The largest absolute Gasteiger partial charge is 0.489 e. The second-order valence-electron chi connectivity index (χ2n) is 8.45. The number of aromatic nitrogens is 3. The van der Waals surface area contributed by atoms with Crippen LogP contribution in [0.25, 0.3) is 11.4 Å². The molecular formula is C27H26N4O3. The SMILES string of the molecule is Cc1noc(C)c1COc1cccc(C(=O)N2CCC[C@H]2c2ccnc(-c3ccccc3)n2)c1. The van der Waals surface area contributed by atoms with Gasteiger partial charge in [0.25, 0.3) is 5.91 Å². The van der Waals surface area contributed by atoms with E-state index < -0.39 is 0 Å². The van der Waals surface area contributed by atoms with Gasteiger partial charge in [-0.3, -0.25) is 4.79 Å². The minimum absolute atomic E-state index is 0.0230. The van der Waals surface area contributed by atoms with Gasteiger partial charge in [-0.25, -0.2) is 9.97 Å². The maximum absolute atomic E-state index is 13.5. The fourth-order valence-electron chi connectivity index (χ4n) is 4.35. The average molecular weight is 455 g/mol. The summed E-state index contributed by atoms with van der Waals surface area (Å²) in [5.74, 6) is 2.02. The highest BCUT2D eigenvalue weighted by atomic mass is 16.5. The molecule has 2 aromatic carbocycles. The van der Waals surface area contributed by atoms with Gasteiger partial charge in [0, 0.05) is 23.9 Å². The second-order valence-corrected chi connectivity index (χ2v) is 8.45. The van der Waals surface area contributed by atoms with Gasteiger partial charge in [-0.15, -0.1) is 0 Å². The van der Waals surface area contributed by atoms with E-state index in [4.69, 9.17) is 14.2 Å². The minimum Gasteiger partial charge on any atom is -0.489 e. The number of benzene rings is 2. The first-order valence-electron chi connectivity index (χ1n) is 11.4. The van der Waals surface area contributed by atoms with Crippen molar-refractivity contribution in [2.24, 2.45) is 0 Å². The van der Waals surface area contributed by atoms with Gasteiger partial charge in [0.1, 0.15) is 18.1 Å². The van der Waals surface area contributed by atoms with Crippen molar-refractivity contribution < 1.29 is 14.1 Å². The summed E-state index contributed by atoms with van der Waals surface area (Å²) in [4.78, 5) is 24.6. The predicted molar refractivity (Wildman–Crippen MR) is 127 cm³/mol. The molecule has 0 saturated carbocycles. The van der Waals surface area contributed by atoms with Crippen LogP contribution in [0.2, 0.25) is 0 Å². The highest BCUT2D eigenvalue weighted by Gasteiger charge is 2.32. The first-order valence-corrected chi connectivity index (χ1v) is 11.4. The van der Waals surface area contributed by atoms with Crippen molar-refractivity contribution in [1.82, 2.24) is 20.0 Å². The maximum Gasteiger partial charge on any atom is 0.254 e. The highest BCUT2D eigenvalue weighted by Crippen LogP contribution is 2.33. The Labute approximate surface area is 198 Å². The molecule has 0 radical (unpaired) electrons. The number of hydrogen-bond donors (Lipinski definition) is 0. The Morgan fingerprint density at radius 3 is 2.76 bits per heavy atom.